The van der Waals surface area contributed by atoms with Gasteiger partial charge in [-0.1, -0.05) is 171 Å². The molecule has 310 valence electrons. The highest BCUT2D eigenvalue weighted by Gasteiger charge is 2.19. The second-order valence-electron chi connectivity index (χ2n) is 14.6. The van der Waals surface area contributed by atoms with Gasteiger partial charge in [0, 0.05) is 12.8 Å². The lowest BCUT2D eigenvalue weighted by Gasteiger charge is -2.18. The summed E-state index contributed by atoms with van der Waals surface area (Å²) in [5, 5.41) is 0. The van der Waals surface area contributed by atoms with Crippen LogP contribution in [-0.2, 0) is 28.6 Å². The summed E-state index contributed by atoms with van der Waals surface area (Å²) in [7, 11) is 0. The van der Waals surface area contributed by atoms with Gasteiger partial charge in [-0.25, -0.2) is 0 Å². The molecule has 0 N–H and O–H groups in total. The number of hydrogen-bond donors (Lipinski definition) is 0. The molecule has 0 aliphatic carbocycles. The molecule has 0 aliphatic heterocycles. The Morgan fingerprint density at radius 1 is 0.407 bits per heavy atom. The van der Waals surface area contributed by atoms with E-state index in [1.807, 2.05) is 6.08 Å². The molecule has 0 saturated carbocycles. The molecule has 0 fully saturated rings. The molecule has 0 spiro atoms. The lowest BCUT2D eigenvalue weighted by atomic mass is 10.1. The fourth-order valence-corrected chi connectivity index (χ4v) is 5.91. The molecule has 0 rings (SSSR count). The first-order valence-corrected chi connectivity index (χ1v) is 22.3. The Kier molecular flexibility index (Phi) is 40.6. The van der Waals surface area contributed by atoms with Gasteiger partial charge in [0.1, 0.15) is 13.2 Å². The molecule has 0 amide bonds. The zero-order valence-corrected chi connectivity index (χ0v) is 35.2. The third kappa shape index (κ3) is 40.3. The van der Waals surface area contributed by atoms with Crippen LogP contribution in [0.5, 0.6) is 0 Å². The average molecular weight is 755 g/mol. The zero-order valence-electron chi connectivity index (χ0n) is 35.2. The van der Waals surface area contributed by atoms with E-state index in [2.05, 4.69) is 69.4 Å². The van der Waals surface area contributed by atoms with Crippen LogP contribution in [0, 0.1) is 0 Å². The normalized spacial score (nSPS) is 12.6. The molecule has 0 aromatic rings. The molecule has 54 heavy (non-hydrogen) atoms. The van der Waals surface area contributed by atoms with Crippen molar-refractivity contribution in [3.63, 3.8) is 0 Å². The monoisotopic (exact) mass is 755 g/mol. The SMILES string of the molecule is CC/C=C\C/C=C\C/C=C\CC(=O)OC(COC(=O)CCC/C=C\CCCCCC)COC(=O)CCCCCCC/C=C\CCCCCCCCCCC. The number of carbonyl (C=O) groups excluding carboxylic acids is 3. The minimum Gasteiger partial charge on any atom is -0.462 e. The van der Waals surface area contributed by atoms with Crippen molar-refractivity contribution in [2.45, 2.75) is 213 Å². The van der Waals surface area contributed by atoms with Crippen molar-refractivity contribution in [1.82, 2.24) is 0 Å². The van der Waals surface area contributed by atoms with Gasteiger partial charge in [0.2, 0.25) is 0 Å². The molecule has 0 aliphatic rings. The molecule has 0 saturated heterocycles. The number of ether oxygens (including phenoxy) is 3. The maximum atomic E-state index is 12.6. The van der Waals surface area contributed by atoms with Gasteiger partial charge in [0.25, 0.3) is 0 Å². The predicted molar refractivity (Wildman–Crippen MR) is 228 cm³/mol. The van der Waals surface area contributed by atoms with Gasteiger partial charge >= 0.3 is 17.9 Å². The first-order valence-electron chi connectivity index (χ1n) is 22.3. The smallest absolute Gasteiger partial charge is 0.310 e. The van der Waals surface area contributed by atoms with Crippen LogP contribution >= 0.6 is 0 Å². The Morgan fingerprint density at radius 3 is 1.30 bits per heavy atom. The second-order valence-corrected chi connectivity index (χ2v) is 14.6. The van der Waals surface area contributed by atoms with Crippen LogP contribution in [0.1, 0.15) is 207 Å². The van der Waals surface area contributed by atoms with Gasteiger partial charge in [-0.05, 0) is 77.0 Å². The number of rotatable bonds is 39. The molecular weight excluding hydrogens is 673 g/mol. The molecule has 0 radical (unpaired) electrons. The summed E-state index contributed by atoms with van der Waals surface area (Å²) in [5.41, 5.74) is 0. The van der Waals surface area contributed by atoms with Gasteiger partial charge in [0.15, 0.2) is 6.10 Å². The van der Waals surface area contributed by atoms with Crippen LogP contribution < -0.4 is 0 Å². The van der Waals surface area contributed by atoms with E-state index in [0.717, 1.165) is 64.2 Å². The predicted octanol–water partition coefficient (Wildman–Crippen LogP) is 14.1. The molecule has 0 aromatic heterocycles. The first kappa shape index (κ1) is 51.1. The average Bonchev–Trinajstić information content (AvgIpc) is 3.17. The molecular formula is C48H82O6. The van der Waals surface area contributed by atoms with Gasteiger partial charge in [-0.2, -0.15) is 0 Å². The minimum atomic E-state index is -0.833. The maximum Gasteiger partial charge on any atom is 0.310 e. The molecule has 0 aromatic carbocycles. The van der Waals surface area contributed by atoms with Crippen LogP contribution in [0.25, 0.3) is 0 Å². The van der Waals surface area contributed by atoms with Crippen molar-refractivity contribution in [3.8, 4) is 0 Å². The van der Waals surface area contributed by atoms with Crippen molar-refractivity contribution in [3.05, 3.63) is 60.8 Å². The Labute approximate surface area is 332 Å². The summed E-state index contributed by atoms with van der Waals surface area (Å²) >= 11 is 0. The summed E-state index contributed by atoms with van der Waals surface area (Å²) < 4.78 is 16.5. The highest BCUT2D eigenvalue weighted by Crippen LogP contribution is 2.13. The van der Waals surface area contributed by atoms with Gasteiger partial charge in [-0.15, -0.1) is 0 Å². The first-order chi connectivity index (χ1) is 26.5. The quantitative estimate of drug-likeness (QED) is 0.0269. The van der Waals surface area contributed by atoms with E-state index < -0.39 is 12.1 Å². The van der Waals surface area contributed by atoms with Gasteiger partial charge in [-0.3, -0.25) is 14.4 Å². The van der Waals surface area contributed by atoms with E-state index in [-0.39, 0.29) is 31.6 Å². The summed E-state index contributed by atoms with van der Waals surface area (Å²) in [6, 6.07) is 0. The Morgan fingerprint density at radius 2 is 0.796 bits per heavy atom. The molecule has 0 heterocycles. The van der Waals surface area contributed by atoms with Crippen LogP contribution in [0.2, 0.25) is 0 Å². The van der Waals surface area contributed by atoms with E-state index >= 15 is 0 Å². The number of hydrogen-bond acceptors (Lipinski definition) is 6. The fourth-order valence-electron chi connectivity index (χ4n) is 5.91. The Bertz CT molecular complexity index is 1010. The number of esters is 3. The van der Waals surface area contributed by atoms with Crippen LogP contribution in [0.3, 0.4) is 0 Å². The van der Waals surface area contributed by atoms with E-state index in [1.165, 1.54) is 96.3 Å². The highest BCUT2D eigenvalue weighted by atomic mass is 16.6. The standard InChI is InChI=1S/C48H82O6/c1-4-7-10-13-16-19-20-21-22-23-24-25-26-27-30-32-35-38-41-47(50)53-44-45(54-48(51)42-39-36-33-29-18-15-12-9-6-3)43-52-46(49)40-37-34-31-28-17-14-11-8-5-2/h9,12,18,24-25,28-29,31,36,39,45H,4-8,10-11,13-17,19-23,26-27,30,32-35,37-38,40-44H2,1-3H3/b12-9-,25-24-,29-18-,31-28-,39-36-. The molecule has 1 unspecified atom stereocenters. The summed E-state index contributed by atoms with van der Waals surface area (Å²) in [5.74, 6) is -1.10. The molecule has 6 nitrogen and oxygen atoms in total. The summed E-state index contributed by atoms with van der Waals surface area (Å²) in [4.78, 5) is 37.5. The summed E-state index contributed by atoms with van der Waals surface area (Å²) in [6.07, 6.45) is 51.1. The van der Waals surface area contributed by atoms with E-state index in [0.29, 0.717) is 19.3 Å². The maximum absolute atomic E-state index is 12.6. The summed E-state index contributed by atoms with van der Waals surface area (Å²) in [6.45, 7) is 6.34. The molecule has 6 heteroatoms. The van der Waals surface area contributed by atoms with E-state index in [4.69, 9.17) is 14.2 Å². The zero-order chi connectivity index (χ0) is 39.4. The van der Waals surface area contributed by atoms with Crippen molar-refractivity contribution < 1.29 is 28.6 Å². The van der Waals surface area contributed by atoms with Crippen molar-refractivity contribution in [2.24, 2.45) is 0 Å². The largest absolute Gasteiger partial charge is 0.462 e. The van der Waals surface area contributed by atoms with Crippen molar-refractivity contribution in [2.75, 3.05) is 13.2 Å². The number of allylic oxidation sites excluding steroid dienone is 9. The van der Waals surface area contributed by atoms with E-state index in [9.17, 15) is 14.4 Å². The Balaban J connectivity index is 4.36. The highest BCUT2D eigenvalue weighted by molar-refractivity contribution is 5.72. The van der Waals surface area contributed by atoms with Gasteiger partial charge in [0.05, 0.1) is 6.42 Å². The molecule has 0 bridgehead atoms. The Hall–Kier alpha value is -2.89. The topological polar surface area (TPSA) is 78.9 Å². The second kappa shape index (κ2) is 42.8. The van der Waals surface area contributed by atoms with Crippen molar-refractivity contribution in [1.29, 1.82) is 0 Å². The third-order valence-corrected chi connectivity index (χ3v) is 9.26. The van der Waals surface area contributed by atoms with Crippen LogP contribution in [-0.4, -0.2) is 37.2 Å². The fraction of sp³-hybridized carbons (Fsp3) is 0.729. The van der Waals surface area contributed by atoms with E-state index in [1.54, 1.807) is 6.08 Å². The minimum absolute atomic E-state index is 0.0991. The third-order valence-electron chi connectivity index (χ3n) is 9.26. The molecule has 1 atom stereocenters. The lowest BCUT2D eigenvalue weighted by molar-refractivity contribution is -0.166. The van der Waals surface area contributed by atoms with Crippen LogP contribution in [0.15, 0.2) is 60.8 Å². The number of carbonyl (C=O) groups is 3. The lowest BCUT2D eigenvalue weighted by Crippen LogP contribution is -2.30. The van der Waals surface area contributed by atoms with Crippen LogP contribution in [0.4, 0.5) is 0 Å². The van der Waals surface area contributed by atoms with Crippen molar-refractivity contribution >= 4 is 17.9 Å². The van der Waals surface area contributed by atoms with Gasteiger partial charge < -0.3 is 14.2 Å². The number of unbranched alkanes of at least 4 members (excludes halogenated alkanes) is 19.